The van der Waals surface area contributed by atoms with Gasteiger partial charge in [-0.1, -0.05) is 23.7 Å². The van der Waals surface area contributed by atoms with Gasteiger partial charge in [-0.2, -0.15) is 0 Å². The molecular weight excluding hydrogens is 428 g/mol. The molecule has 0 saturated carbocycles. The fourth-order valence-electron chi connectivity index (χ4n) is 3.94. The summed E-state index contributed by atoms with van der Waals surface area (Å²) in [5, 5.41) is 14.2. The third-order valence-electron chi connectivity index (χ3n) is 5.49. The van der Waals surface area contributed by atoms with Crippen molar-refractivity contribution < 1.29 is 14.6 Å². The normalized spacial score (nSPS) is 14.2. The van der Waals surface area contributed by atoms with Gasteiger partial charge in [-0.25, -0.2) is 0 Å². The first-order chi connectivity index (χ1) is 15.3. The molecule has 7 nitrogen and oxygen atoms in total. The van der Waals surface area contributed by atoms with Gasteiger partial charge in [0.2, 0.25) is 5.91 Å². The molecule has 1 aliphatic heterocycles. The number of hydrogen-bond donors (Lipinski definition) is 2. The summed E-state index contributed by atoms with van der Waals surface area (Å²) in [5.41, 5.74) is 3.10. The number of fused-ring (bicyclic) bond motifs is 1. The number of hydrogen-bond acceptors (Lipinski definition) is 6. The molecule has 2 aromatic rings. The van der Waals surface area contributed by atoms with Gasteiger partial charge in [-0.15, -0.1) is 0 Å². The fraction of sp³-hybridized carbons (Fsp3) is 0.500. The van der Waals surface area contributed by atoms with Crippen LogP contribution in [0.5, 0.6) is 0 Å². The van der Waals surface area contributed by atoms with Gasteiger partial charge in [0.15, 0.2) is 0 Å². The van der Waals surface area contributed by atoms with Crippen molar-refractivity contribution in [1.82, 2.24) is 14.8 Å². The summed E-state index contributed by atoms with van der Waals surface area (Å²) in [4.78, 5) is 21.4. The summed E-state index contributed by atoms with van der Waals surface area (Å²) in [5.74, 6) is -0.121. The number of methoxy groups -OCH3 is 1. The number of benzene rings is 1. The van der Waals surface area contributed by atoms with Crippen LogP contribution >= 0.6 is 11.6 Å². The van der Waals surface area contributed by atoms with Crippen molar-refractivity contribution in [3.8, 4) is 0 Å². The number of amides is 1. The Morgan fingerprint density at radius 2 is 2.16 bits per heavy atom. The highest BCUT2D eigenvalue weighted by atomic mass is 35.5. The molecule has 0 bridgehead atoms. The zero-order valence-corrected chi connectivity index (χ0v) is 19.9. The molecule has 1 amide bonds. The molecule has 3 rings (SSSR count). The van der Waals surface area contributed by atoms with Gasteiger partial charge in [-0.05, 0) is 49.6 Å². The van der Waals surface area contributed by atoms with Crippen LogP contribution in [0.15, 0.2) is 36.5 Å². The van der Waals surface area contributed by atoms with Crippen LogP contribution in [0.1, 0.15) is 30.7 Å². The van der Waals surface area contributed by atoms with Crippen molar-refractivity contribution in [2.75, 3.05) is 45.2 Å². The number of nitrogens with zero attached hydrogens (tertiary/aromatic N) is 3. The third kappa shape index (κ3) is 6.90. The van der Waals surface area contributed by atoms with Crippen molar-refractivity contribution in [2.24, 2.45) is 0 Å². The summed E-state index contributed by atoms with van der Waals surface area (Å²) >= 11 is 6.25. The second kappa shape index (κ2) is 11.1. The van der Waals surface area contributed by atoms with Gasteiger partial charge in [0.05, 0.1) is 36.0 Å². The minimum atomic E-state index is -1.03. The monoisotopic (exact) mass is 460 g/mol. The predicted molar refractivity (Wildman–Crippen MR) is 127 cm³/mol. The molecular formula is C24H33ClN4O3. The molecule has 0 spiro atoms. The molecule has 8 heteroatoms. The van der Waals surface area contributed by atoms with Crippen molar-refractivity contribution in [3.05, 3.63) is 58.4 Å². The van der Waals surface area contributed by atoms with Crippen LogP contribution in [-0.2, 0) is 29.0 Å². The molecule has 174 valence electrons. The Bertz CT molecular complexity index is 916. The first kappa shape index (κ1) is 24.5. The molecule has 32 heavy (non-hydrogen) atoms. The van der Waals surface area contributed by atoms with E-state index >= 15 is 0 Å². The van der Waals surface area contributed by atoms with E-state index in [1.165, 1.54) is 11.1 Å². The summed E-state index contributed by atoms with van der Waals surface area (Å²) in [6, 6.07) is 9.69. The Kier molecular flexibility index (Phi) is 8.48. The van der Waals surface area contributed by atoms with E-state index in [1.54, 1.807) is 44.2 Å². The topological polar surface area (TPSA) is 77.9 Å². The predicted octanol–water partition coefficient (Wildman–Crippen LogP) is 2.95. The number of rotatable bonds is 10. The summed E-state index contributed by atoms with van der Waals surface area (Å²) in [6.07, 6.45) is 2.58. The summed E-state index contributed by atoms with van der Waals surface area (Å²) < 4.78 is 5.20. The van der Waals surface area contributed by atoms with Crippen molar-refractivity contribution in [3.63, 3.8) is 0 Å². The van der Waals surface area contributed by atoms with Crippen LogP contribution in [0, 0.1) is 0 Å². The minimum absolute atomic E-state index is 0.121. The van der Waals surface area contributed by atoms with Crippen molar-refractivity contribution in [2.45, 2.75) is 39.0 Å². The van der Waals surface area contributed by atoms with E-state index in [1.807, 2.05) is 12.1 Å². The summed E-state index contributed by atoms with van der Waals surface area (Å²) in [7, 11) is 1.72. The molecule has 1 aromatic heterocycles. The molecule has 0 saturated heterocycles. The smallest absolute Gasteiger partial charge is 0.242 e. The van der Waals surface area contributed by atoms with Crippen LogP contribution < -0.4 is 5.32 Å². The van der Waals surface area contributed by atoms with E-state index < -0.39 is 5.60 Å². The number of nitrogens with one attached hydrogen (secondary N) is 1. The lowest BCUT2D eigenvalue weighted by molar-refractivity contribution is -0.133. The second-order valence-corrected chi connectivity index (χ2v) is 9.22. The molecule has 1 aromatic carbocycles. The Labute approximate surface area is 195 Å². The molecule has 0 unspecified atom stereocenters. The SMILES string of the molecule is COCCN1CCc2c(cccc2NCC(=O)N(Cc2ncccc2Cl)CC(C)(C)O)C1. The van der Waals surface area contributed by atoms with Gasteiger partial charge >= 0.3 is 0 Å². The number of pyridine rings is 1. The Morgan fingerprint density at radius 1 is 1.34 bits per heavy atom. The van der Waals surface area contributed by atoms with Gasteiger partial charge in [0.1, 0.15) is 0 Å². The number of carbonyl (C=O) groups excluding carboxylic acids is 1. The first-order valence-corrected chi connectivity index (χ1v) is 11.3. The number of aliphatic hydroxyl groups is 1. The molecule has 0 fully saturated rings. The van der Waals surface area contributed by atoms with E-state index in [0.717, 1.165) is 38.3 Å². The standard InChI is InChI=1S/C24H33ClN4O3/c1-24(2,31)17-29(16-22-20(25)7-5-10-26-22)23(30)14-27-21-8-4-6-18-15-28(12-13-32-3)11-9-19(18)21/h4-8,10,27,31H,9,11-17H2,1-3H3. The Morgan fingerprint density at radius 3 is 2.88 bits per heavy atom. The van der Waals surface area contributed by atoms with E-state index in [0.29, 0.717) is 10.7 Å². The highest BCUT2D eigenvalue weighted by Crippen LogP contribution is 2.26. The second-order valence-electron chi connectivity index (χ2n) is 8.81. The fourth-order valence-corrected chi connectivity index (χ4v) is 4.12. The third-order valence-corrected chi connectivity index (χ3v) is 5.84. The van der Waals surface area contributed by atoms with Gasteiger partial charge in [0, 0.05) is 45.2 Å². The van der Waals surface area contributed by atoms with Crippen LogP contribution in [0.3, 0.4) is 0 Å². The van der Waals surface area contributed by atoms with E-state index in [-0.39, 0.29) is 25.5 Å². The maximum Gasteiger partial charge on any atom is 0.242 e. The molecule has 1 aliphatic rings. The number of aromatic nitrogens is 1. The van der Waals surface area contributed by atoms with Gasteiger partial charge < -0.3 is 20.1 Å². The molecule has 2 N–H and O–H groups in total. The molecule has 0 radical (unpaired) electrons. The molecule has 2 heterocycles. The van der Waals surface area contributed by atoms with Crippen molar-refractivity contribution >= 4 is 23.2 Å². The Balaban J connectivity index is 1.68. The van der Waals surface area contributed by atoms with E-state index in [4.69, 9.17) is 16.3 Å². The Hall–Kier alpha value is -2.19. The van der Waals surface area contributed by atoms with Gasteiger partial charge in [-0.3, -0.25) is 14.7 Å². The van der Waals surface area contributed by atoms with Crippen LogP contribution in [0.2, 0.25) is 5.02 Å². The van der Waals surface area contributed by atoms with E-state index in [9.17, 15) is 9.90 Å². The lowest BCUT2D eigenvalue weighted by Crippen LogP contribution is -2.44. The maximum absolute atomic E-state index is 13.1. The number of carbonyl (C=O) groups is 1. The van der Waals surface area contributed by atoms with Crippen LogP contribution in [0.4, 0.5) is 5.69 Å². The quantitative estimate of drug-likeness (QED) is 0.567. The number of ether oxygens (including phenoxy) is 1. The molecule has 0 aliphatic carbocycles. The average molecular weight is 461 g/mol. The van der Waals surface area contributed by atoms with Gasteiger partial charge in [0.25, 0.3) is 0 Å². The number of anilines is 1. The average Bonchev–Trinajstić information content (AvgIpc) is 2.75. The highest BCUT2D eigenvalue weighted by molar-refractivity contribution is 6.31. The highest BCUT2D eigenvalue weighted by Gasteiger charge is 2.24. The lowest BCUT2D eigenvalue weighted by Gasteiger charge is -2.31. The van der Waals surface area contributed by atoms with Crippen LogP contribution in [0.25, 0.3) is 0 Å². The summed E-state index contributed by atoms with van der Waals surface area (Å²) in [6.45, 7) is 7.40. The zero-order valence-electron chi connectivity index (χ0n) is 19.1. The zero-order chi connectivity index (χ0) is 23.1. The lowest BCUT2D eigenvalue weighted by atomic mass is 9.97. The van der Waals surface area contributed by atoms with Crippen molar-refractivity contribution in [1.29, 1.82) is 0 Å². The largest absolute Gasteiger partial charge is 0.389 e. The first-order valence-electron chi connectivity index (χ1n) is 10.9. The minimum Gasteiger partial charge on any atom is -0.389 e. The van der Waals surface area contributed by atoms with Crippen LogP contribution in [-0.4, -0.2) is 71.3 Å². The van der Waals surface area contributed by atoms with E-state index in [2.05, 4.69) is 21.3 Å². The number of halogens is 1. The maximum atomic E-state index is 13.1. The molecule has 0 atom stereocenters.